The van der Waals surface area contributed by atoms with E-state index < -0.39 is 5.97 Å². The standard InChI is InChI=1S/C8H16O2.Al/c1-7(2)5-3-4-6-8(9)10;/h7H,3-6H2,1-2H3,(H,9,10);. The Morgan fingerprint density at radius 2 is 1.91 bits per heavy atom. The summed E-state index contributed by atoms with van der Waals surface area (Å²) >= 11 is 0. The van der Waals surface area contributed by atoms with E-state index in [4.69, 9.17) is 5.11 Å². The van der Waals surface area contributed by atoms with Crippen LogP contribution in [-0.4, -0.2) is 28.4 Å². The fraction of sp³-hybridized carbons (Fsp3) is 0.875. The highest BCUT2D eigenvalue weighted by Crippen LogP contribution is 2.07. The Labute approximate surface area is 79.1 Å². The van der Waals surface area contributed by atoms with E-state index in [0.717, 1.165) is 19.3 Å². The molecule has 0 aliphatic heterocycles. The average Bonchev–Trinajstić information content (AvgIpc) is 1.79. The number of hydrogen-bond donors (Lipinski definition) is 1. The molecule has 0 unspecified atom stereocenters. The van der Waals surface area contributed by atoms with Gasteiger partial charge in [0, 0.05) is 23.8 Å². The van der Waals surface area contributed by atoms with Crippen molar-refractivity contribution in [1.82, 2.24) is 0 Å². The van der Waals surface area contributed by atoms with Gasteiger partial charge >= 0.3 is 5.97 Å². The number of hydrogen-bond acceptors (Lipinski definition) is 1. The molecule has 0 saturated carbocycles. The van der Waals surface area contributed by atoms with Crippen molar-refractivity contribution in [2.45, 2.75) is 39.5 Å². The van der Waals surface area contributed by atoms with Crippen LogP contribution < -0.4 is 0 Å². The van der Waals surface area contributed by atoms with Gasteiger partial charge in [0.2, 0.25) is 0 Å². The van der Waals surface area contributed by atoms with Crippen molar-refractivity contribution in [2.75, 3.05) is 0 Å². The monoisotopic (exact) mass is 171 g/mol. The maximum atomic E-state index is 10.0. The molecule has 0 heterocycles. The fourth-order valence-corrected chi connectivity index (χ4v) is 0.829. The maximum Gasteiger partial charge on any atom is 0.303 e. The minimum Gasteiger partial charge on any atom is -0.481 e. The molecule has 0 aromatic carbocycles. The first-order chi connectivity index (χ1) is 4.63. The van der Waals surface area contributed by atoms with E-state index in [1.807, 2.05) is 0 Å². The van der Waals surface area contributed by atoms with Crippen molar-refractivity contribution in [3.05, 3.63) is 0 Å². The average molecular weight is 171 g/mol. The lowest BCUT2D eigenvalue weighted by atomic mass is 10.1. The van der Waals surface area contributed by atoms with E-state index in [2.05, 4.69) is 13.8 Å². The molecule has 2 nitrogen and oxygen atoms in total. The largest absolute Gasteiger partial charge is 0.481 e. The summed E-state index contributed by atoms with van der Waals surface area (Å²) < 4.78 is 0. The SMILES string of the molecule is CC(C)CCCCC(=O)O.[Al]. The third kappa shape index (κ3) is 13.1. The van der Waals surface area contributed by atoms with Gasteiger partial charge in [0.25, 0.3) is 0 Å². The molecule has 1 N–H and O–H groups in total. The number of unbranched alkanes of at least 4 members (excludes halogenated alkanes) is 1. The maximum absolute atomic E-state index is 10.0. The fourth-order valence-electron chi connectivity index (χ4n) is 0.829. The Morgan fingerprint density at radius 1 is 1.36 bits per heavy atom. The summed E-state index contributed by atoms with van der Waals surface area (Å²) in [5.41, 5.74) is 0. The van der Waals surface area contributed by atoms with Crippen molar-refractivity contribution in [1.29, 1.82) is 0 Å². The molecule has 0 aromatic heterocycles. The van der Waals surface area contributed by atoms with Gasteiger partial charge in [-0.05, 0) is 12.3 Å². The predicted octanol–water partition coefficient (Wildman–Crippen LogP) is 1.91. The zero-order chi connectivity index (χ0) is 7.98. The number of carbonyl (C=O) groups is 1. The first-order valence-electron chi connectivity index (χ1n) is 3.84. The molecule has 3 radical (unpaired) electrons. The van der Waals surface area contributed by atoms with Crippen LogP contribution in [0.15, 0.2) is 0 Å². The van der Waals surface area contributed by atoms with E-state index in [1.54, 1.807) is 0 Å². The smallest absolute Gasteiger partial charge is 0.303 e. The Bertz CT molecular complexity index is 102. The number of aliphatic carboxylic acids is 1. The second-order valence-electron chi connectivity index (χ2n) is 3.03. The highest BCUT2D eigenvalue weighted by molar-refractivity contribution is 5.75. The van der Waals surface area contributed by atoms with Gasteiger partial charge in [0.05, 0.1) is 0 Å². The molecule has 0 aliphatic rings. The summed E-state index contributed by atoms with van der Waals surface area (Å²) in [5.74, 6) is 0.0255. The van der Waals surface area contributed by atoms with E-state index in [0.29, 0.717) is 12.3 Å². The number of carboxylic acids is 1. The molecule has 0 spiro atoms. The van der Waals surface area contributed by atoms with Crippen LogP contribution in [0.2, 0.25) is 0 Å². The van der Waals surface area contributed by atoms with Crippen LogP contribution in [0.5, 0.6) is 0 Å². The van der Waals surface area contributed by atoms with Gasteiger partial charge in [-0.2, -0.15) is 0 Å². The summed E-state index contributed by atoms with van der Waals surface area (Å²) in [6.45, 7) is 4.31. The first kappa shape index (κ1) is 13.6. The molecule has 0 bridgehead atoms. The Morgan fingerprint density at radius 3 is 2.27 bits per heavy atom. The molecule has 0 aromatic rings. The van der Waals surface area contributed by atoms with Crippen LogP contribution in [0.1, 0.15) is 39.5 Å². The van der Waals surface area contributed by atoms with Gasteiger partial charge in [-0.25, -0.2) is 0 Å². The molecule has 63 valence electrons. The molecular weight excluding hydrogens is 155 g/mol. The lowest BCUT2D eigenvalue weighted by Crippen LogP contribution is -1.94. The summed E-state index contributed by atoms with van der Waals surface area (Å²) in [5, 5.41) is 8.28. The van der Waals surface area contributed by atoms with Crippen molar-refractivity contribution in [2.24, 2.45) is 5.92 Å². The molecule has 3 heteroatoms. The Hall–Kier alpha value is 0.00247. The summed E-state index contributed by atoms with van der Waals surface area (Å²) in [4.78, 5) is 10.0. The van der Waals surface area contributed by atoms with Crippen LogP contribution >= 0.6 is 0 Å². The summed E-state index contributed by atoms with van der Waals surface area (Å²) in [6, 6.07) is 0. The van der Waals surface area contributed by atoms with Gasteiger partial charge in [-0.15, -0.1) is 0 Å². The highest BCUT2D eigenvalue weighted by Gasteiger charge is 1.97. The Balaban J connectivity index is 0. The van der Waals surface area contributed by atoms with Crippen LogP contribution in [-0.2, 0) is 4.79 Å². The van der Waals surface area contributed by atoms with Crippen LogP contribution in [0.4, 0.5) is 0 Å². The van der Waals surface area contributed by atoms with E-state index in [1.165, 1.54) is 0 Å². The molecule has 11 heavy (non-hydrogen) atoms. The van der Waals surface area contributed by atoms with Gasteiger partial charge in [-0.3, -0.25) is 4.79 Å². The third-order valence-electron chi connectivity index (χ3n) is 1.42. The molecule has 0 fully saturated rings. The van der Waals surface area contributed by atoms with Crippen molar-refractivity contribution >= 4 is 23.3 Å². The van der Waals surface area contributed by atoms with Crippen LogP contribution in [0.25, 0.3) is 0 Å². The molecular formula is C8H16AlO2. The molecule has 0 aliphatic carbocycles. The van der Waals surface area contributed by atoms with E-state index in [9.17, 15) is 4.79 Å². The molecule has 0 amide bonds. The molecule has 0 rings (SSSR count). The predicted molar refractivity (Wildman–Crippen MR) is 46.7 cm³/mol. The molecule has 0 saturated heterocycles. The number of rotatable bonds is 5. The topological polar surface area (TPSA) is 37.3 Å². The second kappa shape index (κ2) is 8.10. The van der Waals surface area contributed by atoms with Crippen molar-refractivity contribution in [3.63, 3.8) is 0 Å². The van der Waals surface area contributed by atoms with Crippen molar-refractivity contribution in [3.8, 4) is 0 Å². The lowest BCUT2D eigenvalue weighted by molar-refractivity contribution is -0.137. The normalized spacial score (nSPS) is 9.36. The van der Waals surface area contributed by atoms with Gasteiger partial charge < -0.3 is 5.11 Å². The van der Waals surface area contributed by atoms with Crippen LogP contribution in [0.3, 0.4) is 0 Å². The Kier molecular flexibility index (Phi) is 10.0. The van der Waals surface area contributed by atoms with E-state index in [-0.39, 0.29) is 17.4 Å². The van der Waals surface area contributed by atoms with Crippen molar-refractivity contribution < 1.29 is 9.90 Å². The van der Waals surface area contributed by atoms with Gasteiger partial charge in [-0.1, -0.05) is 26.7 Å². The van der Waals surface area contributed by atoms with Crippen LogP contribution in [0, 0.1) is 5.92 Å². The first-order valence-corrected chi connectivity index (χ1v) is 3.84. The van der Waals surface area contributed by atoms with E-state index >= 15 is 0 Å². The number of carboxylic acid groups (broad SMARTS) is 1. The van der Waals surface area contributed by atoms with Gasteiger partial charge in [0.1, 0.15) is 0 Å². The minimum absolute atomic E-state index is 0. The quantitative estimate of drug-likeness (QED) is 0.506. The molecule has 0 atom stereocenters. The second-order valence-corrected chi connectivity index (χ2v) is 3.03. The minimum atomic E-state index is -0.677. The zero-order valence-corrected chi connectivity index (χ0v) is 8.49. The lowest BCUT2D eigenvalue weighted by Gasteiger charge is -2.01. The highest BCUT2D eigenvalue weighted by atomic mass is 27.0. The summed E-state index contributed by atoms with van der Waals surface area (Å²) in [7, 11) is 0. The summed E-state index contributed by atoms with van der Waals surface area (Å²) in [6.07, 6.45) is 3.34. The third-order valence-corrected chi connectivity index (χ3v) is 1.42. The van der Waals surface area contributed by atoms with Gasteiger partial charge in [0.15, 0.2) is 0 Å². The zero-order valence-electron chi connectivity index (χ0n) is 7.34.